The smallest absolute Gasteiger partial charge is 0.165 e. The van der Waals surface area contributed by atoms with Crippen LogP contribution in [0.2, 0.25) is 0 Å². The van der Waals surface area contributed by atoms with Crippen LogP contribution in [0.25, 0.3) is 132 Å². The lowest BCUT2D eigenvalue weighted by Crippen LogP contribution is -2.26. The maximum atomic E-state index is 5.33. The first-order valence-electron chi connectivity index (χ1n) is 25.9. The van der Waals surface area contributed by atoms with Crippen LogP contribution in [0.5, 0.6) is 0 Å². The number of para-hydroxylation sites is 3. The van der Waals surface area contributed by atoms with Gasteiger partial charge in [0.15, 0.2) is 17.5 Å². The third kappa shape index (κ3) is 5.45. The first-order chi connectivity index (χ1) is 37.8. The molecule has 0 saturated carbocycles. The number of hydrogen-bond donors (Lipinski definition) is 0. The van der Waals surface area contributed by atoms with Gasteiger partial charge in [0.25, 0.3) is 0 Å². The zero-order valence-corrected chi connectivity index (χ0v) is 41.6. The van der Waals surface area contributed by atoms with Crippen LogP contribution in [-0.2, 0) is 5.41 Å². The van der Waals surface area contributed by atoms with E-state index in [9.17, 15) is 0 Å². The van der Waals surface area contributed by atoms with Crippen LogP contribution in [0.15, 0.2) is 249 Å². The molecule has 6 heteroatoms. The SMILES string of the molecule is c1ccc(-c2nc(-c3ccccc3)nc(-c3ccc(-n4c5ccccc5c5c4c4c(c6c7ccccc7n(-c7ccccc7)c65)C5(c6ccccc6-c6ccccc65)c5ccccc5-4)c4c3sc3ccccc34)n2)cc1. The first kappa shape index (κ1) is 41.7. The molecular formula is C70H41N5S. The molecule has 17 rings (SSSR count). The Labute approximate surface area is 440 Å². The molecule has 15 aromatic rings. The second kappa shape index (κ2) is 15.6. The minimum absolute atomic E-state index is 0.627. The first-order valence-corrected chi connectivity index (χ1v) is 26.8. The molecule has 0 N–H and O–H groups in total. The molecular weight excluding hydrogens is 943 g/mol. The van der Waals surface area contributed by atoms with E-state index in [0.29, 0.717) is 17.5 Å². The van der Waals surface area contributed by atoms with E-state index in [1.807, 2.05) is 47.7 Å². The van der Waals surface area contributed by atoms with Gasteiger partial charge in [-0.25, -0.2) is 15.0 Å². The van der Waals surface area contributed by atoms with Gasteiger partial charge >= 0.3 is 0 Å². The average molecular weight is 984 g/mol. The summed E-state index contributed by atoms with van der Waals surface area (Å²) in [6.45, 7) is 0. The summed E-state index contributed by atoms with van der Waals surface area (Å²) in [5.41, 5.74) is 19.6. The van der Waals surface area contributed by atoms with Gasteiger partial charge in [0.2, 0.25) is 0 Å². The fourth-order valence-electron chi connectivity index (χ4n) is 13.5. The molecule has 0 bridgehead atoms. The van der Waals surface area contributed by atoms with Gasteiger partial charge in [-0.05, 0) is 81.4 Å². The molecule has 5 nitrogen and oxygen atoms in total. The lowest BCUT2D eigenvalue weighted by atomic mass is 9.69. The van der Waals surface area contributed by atoms with Gasteiger partial charge in [0, 0.05) is 69.7 Å². The molecule has 0 saturated heterocycles. The fraction of sp³-hybridized carbons (Fsp3) is 0.0143. The third-order valence-corrected chi connectivity index (χ3v) is 17.6. The largest absolute Gasteiger partial charge is 0.309 e. The Morgan fingerprint density at radius 3 is 1.47 bits per heavy atom. The van der Waals surface area contributed by atoms with Crippen molar-refractivity contribution in [3.8, 4) is 67.8 Å². The van der Waals surface area contributed by atoms with Crippen molar-refractivity contribution in [3.63, 3.8) is 0 Å². The van der Waals surface area contributed by atoms with Crippen LogP contribution in [0, 0.1) is 0 Å². The Kier molecular flexibility index (Phi) is 8.58. The van der Waals surface area contributed by atoms with E-state index < -0.39 is 5.41 Å². The zero-order valence-electron chi connectivity index (χ0n) is 40.8. The Morgan fingerprint density at radius 2 is 0.829 bits per heavy atom. The van der Waals surface area contributed by atoms with Gasteiger partial charge in [-0.1, -0.05) is 206 Å². The topological polar surface area (TPSA) is 48.5 Å². The van der Waals surface area contributed by atoms with Crippen molar-refractivity contribution in [1.82, 2.24) is 24.1 Å². The summed E-state index contributed by atoms with van der Waals surface area (Å²) in [4.78, 5) is 15.8. The van der Waals surface area contributed by atoms with E-state index in [2.05, 4.69) is 221 Å². The predicted octanol–water partition coefficient (Wildman–Crippen LogP) is 17.8. The second-order valence-corrected chi connectivity index (χ2v) is 21.1. The summed E-state index contributed by atoms with van der Waals surface area (Å²) in [5, 5.41) is 7.31. The number of benzene rings is 11. The molecule has 0 atom stereocenters. The molecule has 1 spiro atoms. The van der Waals surface area contributed by atoms with E-state index in [1.54, 1.807) is 0 Å². The Hall–Kier alpha value is -9.75. The highest BCUT2D eigenvalue weighted by atomic mass is 32.1. The van der Waals surface area contributed by atoms with Gasteiger partial charge < -0.3 is 9.13 Å². The maximum absolute atomic E-state index is 5.33. The minimum Gasteiger partial charge on any atom is -0.309 e. The molecule has 0 aliphatic heterocycles. The number of thiophene rings is 1. The number of aromatic nitrogens is 5. The number of hydrogen-bond acceptors (Lipinski definition) is 4. The molecule has 76 heavy (non-hydrogen) atoms. The lowest BCUT2D eigenvalue weighted by Gasteiger charge is -2.31. The average Bonchev–Trinajstić information content (AvgIpc) is 4.39. The third-order valence-electron chi connectivity index (χ3n) is 16.4. The normalized spacial score (nSPS) is 13.1. The van der Waals surface area contributed by atoms with Gasteiger partial charge in [0.05, 0.1) is 33.2 Å². The summed E-state index contributed by atoms with van der Waals surface area (Å²) in [6, 6.07) is 90.9. The molecule has 0 fully saturated rings. The van der Waals surface area contributed by atoms with Crippen LogP contribution >= 0.6 is 11.3 Å². The van der Waals surface area contributed by atoms with Gasteiger partial charge in [-0.3, -0.25) is 0 Å². The van der Waals surface area contributed by atoms with Crippen molar-refractivity contribution in [2.24, 2.45) is 0 Å². The van der Waals surface area contributed by atoms with Crippen molar-refractivity contribution < 1.29 is 0 Å². The van der Waals surface area contributed by atoms with Crippen LogP contribution in [-0.4, -0.2) is 24.1 Å². The van der Waals surface area contributed by atoms with Gasteiger partial charge in [-0.15, -0.1) is 11.3 Å². The second-order valence-electron chi connectivity index (χ2n) is 20.1. The van der Waals surface area contributed by atoms with Crippen LogP contribution < -0.4 is 0 Å². The quantitative estimate of drug-likeness (QED) is 0.173. The van der Waals surface area contributed by atoms with E-state index in [0.717, 1.165) is 38.3 Å². The van der Waals surface area contributed by atoms with Crippen molar-refractivity contribution in [2.45, 2.75) is 5.41 Å². The van der Waals surface area contributed by atoms with E-state index in [4.69, 9.17) is 15.0 Å². The van der Waals surface area contributed by atoms with Crippen LogP contribution in [0.1, 0.15) is 22.3 Å². The van der Waals surface area contributed by atoms with Gasteiger partial charge in [-0.2, -0.15) is 0 Å². The monoisotopic (exact) mass is 983 g/mol. The fourth-order valence-corrected chi connectivity index (χ4v) is 14.7. The van der Waals surface area contributed by atoms with Crippen molar-refractivity contribution >= 4 is 75.1 Å². The van der Waals surface area contributed by atoms with Crippen molar-refractivity contribution in [1.29, 1.82) is 0 Å². The van der Waals surface area contributed by atoms with E-state index in [1.165, 1.54) is 98.1 Å². The molecule has 2 aliphatic carbocycles. The summed E-state index contributed by atoms with van der Waals surface area (Å²) in [7, 11) is 0. The summed E-state index contributed by atoms with van der Waals surface area (Å²) in [6.07, 6.45) is 0. The van der Waals surface area contributed by atoms with Crippen LogP contribution in [0.3, 0.4) is 0 Å². The van der Waals surface area contributed by atoms with Crippen molar-refractivity contribution in [3.05, 3.63) is 271 Å². The summed E-state index contributed by atoms with van der Waals surface area (Å²) in [5.74, 6) is 1.92. The summed E-state index contributed by atoms with van der Waals surface area (Å²) < 4.78 is 7.51. The zero-order chi connectivity index (χ0) is 49.6. The number of rotatable bonds is 5. The molecule has 0 unspecified atom stereocenters. The molecule has 0 amide bonds. The number of fused-ring (bicyclic) bond motifs is 22. The van der Waals surface area contributed by atoms with Crippen LogP contribution in [0.4, 0.5) is 0 Å². The molecule has 4 heterocycles. The highest BCUT2D eigenvalue weighted by molar-refractivity contribution is 7.26. The summed E-state index contributed by atoms with van der Waals surface area (Å²) >= 11 is 1.81. The van der Waals surface area contributed by atoms with E-state index in [-0.39, 0.29) is 0 Å². The Bertz CT molecular complexity index is 4830. The Balaban J connectivity index is 1.08. The minimum atomic E-state index is -0.627. The maximum Gasteiger partial charge on any atom is 0.165 e. The standard InChI is InChI=1S/C70H41N5S/c1-4-22-42(23-5-1)67-71-68(43-24-6-2-7-25-43)73-69(72-67)51-40-41-57(59-50-33-15-21-39-58(50)76-66(51)59)75-56-38-20-14-32-49(56)62-64-61(48-31-13-19-37-55(48)74(64)44-26-8-3-9-27-44)63-60(65(62)75)47-30-12-18-36-54(47)70(63)52-34-16-10-28-45(52)46-29-11-17-35-53(46)70/h1-41H. The number of nitrogens with zero attached hydrogens (tertiary/aromatic N) is 5. The van der Waals surface area contributed by atoms with Crippen molar-refractivity contribution in [2.75, 3.05) is 0 Å². The molecule has 4 aromatic heterocycles. The highest BCUT2D eigenvalue weighted by Gasteiger charge is 2.54. The van der Waals surface area contributed by atoms with Gasteiger partial charge in [0.1, 0.15) is 0 Å². The Morgan fingerprint density at radius 1 is 0.342 bits per heavy atom. The predicted molar refractivity (Wildman–Crippen MR) is 314 cm³/mol. The lowest BCUT2D eigenvalue weighted by molar-refractivity contribution is 0.802. The molecule has 11 aromatic carbocycles. The molecule has 352 valence electrons. The molecule has 0 radical (unpaired) electrons. The molecule has 2 aliphatic rings. The highest BCUT2D eigenvalue weighted by Crippen LogP contribution is 2.67. The van der Waals surface area contributed by atoms with E-state index >= 15 is 0 Å².